The molecule has 2 aliphatic rings. The van der Waals surface area contributed by atoms with Gasteiger partial charge in [0, 0.05) is 24.1 Å². The largest absolute Gasteiger partial charge is 0.366 e. The second-order valence-electron chi connectivity index (χ2n) is 5.22. The Hall–Kier alpha value is -2.41. The molecule has 114 valence electrons. The zero-order valence-corrected chi connectivity index (χ0v) is 12.1. The predicted molar refractivity (Wildman–Crippen MR) is 76.0 cm³/mol. The van der Waals surface area contributed by atoms with Gasteiger partial charge in [-0.3, -0.25) is 24.5 Å². The van der Waals surface area contributed by atoms with Crippen LogP contribution in [0, 0.1) is 0 Å². The van der Waals surface area contributed by atoms with Gasteiger partial charge in [0.1, 0.15) is 6.04 Å². The number of benzene rings is 1. The fourth-order valence-corrected chi connectivity index (χ4v) is 3.11. The molecular weight excluding hydrogens is 310 g/mol. The molecule has 0 aliphatic carbocycles. The van der Waals surface area contributed by atoms with Crippen LogP contribution in [0.25, 0.3) is 0 Å². The Bertz CT molecular complexity index is 731. The summed E-state index contributed by atoms with van der Waals surface area (Å²) in [4.78, 5) is 48.2. The summed E-state index contributed by atoms with van der Waals surface area (Å²) in [6, 6.07) is 2.16. The summed E-state index contributed by atoms with van der Waals surface area (Å²) >= 11 is 6.14. The summed E-state index contributed by atoms with van der Waals surface area (Å²) in [6.07, 6.45) is 0.446. The Morgan fingerprint density at radius 2 is 2.05 bits per heavy atom. The predicted octanol–water partition coefficient (Wildman–Crippen LogP) is 0.200. The number of hydrogen-bond donors (Lipinski definition) is 2. The highest BCUT2D eigenvalue weighted by Crippen LogP contribution is 2.34. The number of nitrogens with one attached hydrogen (secondary N) is 1. The minimum atomic E-state index is -0.717. The first-order chi connectivity index (χ1) is 10.4. The average Bonchev–Trinajstić information content (AvgIpc) is 2.77. The van der Waals surface area contributed by atoms with Crippen molar-refractivity contribution >= 4 is 35.2 Å². The van der Waals surface area contributed by atoms with E-state index in [1.807, 2.05) is 0 Å². The van der Waals surface area contributed by atoms with Gasteiger partial charge in [-0.25, -0.2) is 0 Å². The summed E-state index contributed by atoms with van der Waals surface area (Å²) in [7, 11) is 0. The van der Waals surface area contributed by atoms with Gasteiger partial charge in [0.2, 0.25) is 17.7 Å². The molecule has 0 spiro atoms. The first kappa shape index (κ1) is 14.5. The van der Waals surface area contributed by atoms with Crippen LogP contribution in [-0.4, -0.2) is 34.6 Å². The monoisotopic (exact) mass is 321 g/mol. The minimum absolute atomic E-state index is 0.112. The van der Waals surface area contributed by atoms with Gasteiger partial charge in [-0.1, -0.05) is 11.6 Å². The van der Waals surface area contributed by atoms with E-state index in [0.717, 1.165) is 0 Å². The number of piperidine rings is 1. The van der Waals surface area contributed by atoms with Gasteiger partial charge >= 0.3 is 0 Å². The topological polar surface area (TPSA) is 110 Å². The first-order valence-corrected chi connectivity index (χ1v) is 7.03. The van der Waals surface area contributed by atoms with E-state index in [2.05, 4.69) is 5.32 Å². The van der Waals surface area contributed by atoms with Crippen LogP contribution in [0.2, 0.25) is 5.02 Å². The maximum atomic E-state index is 12.4. The Labute approximate surface area is 130 Å². The van der Waals surface area contributed by atoms with Crippen molar-refractivity contribution in [2.75, 3.05) is 0 Å². The number of primary amides is 1. The Morgan fingerprint density at radius 3 is 2.68 bits per heavy atom. The SMILES string of the molecule is NC(=O)c1ccc2c(c1Cl)CN(C1CCC(=O)NC1=O)C2=O. The number of nitrogens with two attached hydrogens (primary N) is 1. The third-order valence-electron chi connectivity index (χ3n) is 3.91. The number of carbonyl (C=O) groups excluding carboxylic acids is 4. The van der Waals surface area contributed by atoms with Crippen LogP contribution in [0.5, 0.6) is 0 Å². The molecule has 2 heterocycles. The van der Waals surface area contributed by atoms with E-state index in [1.54, 1.807) is 0 Å². The molecule has 1 saturated heterocycles. The van der Waals surface area contributed by atoms with E-state index >= 15 is 0 Å². The second kappa shape index (κ2) is 5.10. The van der Waals surface area contributed by atoms with Gasteiger partial charge in [0.05, 0.1) is 10.6 Å². The van der Waals surface area contributed by atoms with Crippen LogP contribution in [-0.2, 0) is 16.1 Å². The lowest BCUT2D eigenvalue weighted by Gasteiger charge is -2.29. The summed E-state index contributed by atoms with van der Waals surface area (Å²) in [5.74, 6) is -1.87. The second-order valence-corrected chi connectivity index (χ2v) is 5.60. The van der Waals surface area contributed by atoms with E-state index in [0.29, 0.717) is 11.1 Å². The van der Waals surface area contributed by atoms with Gasteiger partial charge < -0.3 is 10.6 Å². The van der Waals surface area contributed by atoms with Crippen LogP contribution >= 0.6 is 11.6 Å². The number of halogens is 1. The van der Waals surface area contributed by atoms with Gasteiger partial charge in [-0.15, -0.1) is 0 Å². The van der Waals surface area contributed by atoms with Crippen molar-refractivity contribution in [2.45, 2.75) is 25.4 Å². The van der Waals surface area contributed by atoms with E-state index in [4.69, 9.17) is 17.3 Å². The van der Waals surface area contributed by atoms with Gasteiger partial charge in [0.25, 0.3) is 5.91 Å². The molecule has 1 atom stereocenters. The lowest BCUT2D eigenvalue weighted by atomic mass is 10.0. The van der Waals surface area contributed by atoms with Gasteiger partial charge in [0.15, 0.2) is 0 Å². The van der Waals surface area contributed by atoms with Crippen LogP contribution in [0.4, 0.5) is 0 Å². The molecule has 1 aromatic carbocycles. The van der Waals surface area contributed by atoms with E-state index < -0.39 is 17.9 Å². The molecule has 3 rings (SSSR count). The Morgan fingerprint density at radius 1 is 1.32 bits per heavy atom. The maximum Gasteiger partial charge on any atom is 0.255 e. The van der Waals surface area contributed by atoms with Crippen LogP contribution < -0.4 is 11.1 Å². The zero-order valence-electron chi connectivity index (χ0n) is 11.4. The van der Waals surface area contributed by atoms with E-state index in [-0.39, 0.29) is 41.8 Å². The summed E-state index contributed by atoms with van der Waals surface area (Å²) in [5.41, 5.74) is 6.20. The molecule has 22 heavy (non-hydrogen) atoms. The summed E-state index contributed by atoms with van der Waals surface area (Å²) in [6.45, 7) is 0.112. The highest BCUT2D eigenvalue weighted by Gasteiger charge is 2.40. The standard InChI is InChI=1S/C14H12ClN3O4/c15-11-7(12(16)20)2-1-6-8(11)5-18(14(6)22)9-3-4-10(19)17-13(9)21/h1-2,9H,3-5H2,(H2,16,20)(H,17,19,21). The quantitative estimate of drug-likeness (QED) is 0.758. The zero-order chi connectivity index (χ0) is 16.0. The van der Waals surface area contributed by atoms with Crippen molar-refractivity contribution in [3.05, 3.63) is 33.8 Å². The van der Waals surface area contributed by atoms with Crippen molar-refractivity contribution in [3.63, 3.8) is 0 Å². The lowest BCUT2D eigenvalue weighted by Crippen LogP contribution is -2.52. The van der Waals surface area contributed by atoms with Crippen LogP contribution in [0.15, 0.2) is 12.1 Å². The number of imide groups is 1. The smallest absolute Gasteiger partial charge is 0.255 e. The molecule has 0 bridgehead atoms. The van der Waals surface area contributed by atoms with Crippen LogP contribution in [0.3, 0.4) is 0 Å². The molecule has 3 N–H and O–H groups in total. The number of hydrogen-bond acceptors (Lipinski definition) is 4. The normalized spacial score (nSPS) is 20.9. The van der Waals surface area contributed by atoms with E-state index in [1.165, 1.54) is 17.0 Å². The fraction of sp³-hybridized carbons (Fsp3) is 0.286. The van der Waals surface area contributed by atoms with Crippen molar-refractivity contribution in [2.24, 2.45) is 5.73 Å². The minimum Gasteiger partial charge on any atom is -0.366 e. The molecule has 1 unspecified atom stereocenters. The molecule has 0 radical (unpaired) electrons. The van der Waals surface area contributed by atoms with Gasteiger partial charge in [-0.2, -0.15) is 0 Å². The first-order valence-electron chi connectivity index (χ1n) is 6.66. The van der Waals surface area contributed by atoms with Crippen molar-refractivity contribution in [1.82, 2.24) is 10.2 Å². The molecule has 2 aliphatic heterocycles. The van der Waals surface area contributed by atoms with Gasteiger partial charge in [-0.05, 0) is 18.6 Å². The Kier molecular flexibility index (Phi) is 3.37. The molecular formula is C14H12ClN3O4. The Balaban J connectivity index is 1.94. The molecule has 4 amide bonds. The summed E-state index contributed by atoms with van der Waals surface area (Å²) in [5, 5.41) is 2.35. The van der Waals surface area contributed by atoms with Crippen molar-refractivity contribution < 1.29 is 19.2 Å². The molecule has 1 aromatic rings. The number of carbonyl (C=O) groups is 4. The third-order valence-corrected chi connectivity index (χ3v) is 4.35. The highest BCUT2D eigenvalue weighted by molar-refractivity contribution is 6.35. The van der Waals surface area contributed by atoms with Crippen molar-refractivity contribution in [3.8, 4) is 0 Å². The lowest BCUT2D eigenvalue weighted by molar-refractivity contribution is -0.136. The maximum absolute atomic E-state index is 12.4. The number of fused-ring (bicyclic) bond motifs is 1. The number of nitrogens with zero attached hydrogens (tertiary/aromatic N) is 1. The number of amides is 4. The van der Waals surface area contributed by atoms with Crippen molar-refractivity contribution in [1.29, 1.82) is 0 Å². The van der Waals surface area contributed by atoms with Crippen LogP contribution in [0.1, 0.15) is 39.1 Å². The number of rotatable bonds is 2. The molecule has 7 nitrogen and oxygen atoms in total. The molecule has 1 fully saturated rings. The molecule has 0 aromatic heterocycles. The molecule has 0 saturated carbocycles. The van der Waals surface area contributed by atoms with E-state index in [9.17, 15) is 19.2 Å². The molecule has 8 heteroatoms. The third kappa shape index (κ3) is 2.14. The summed E-state index contributed by atoms with van der Waals surface area (Å²) < 4.78 is 0. The highest BCUT2D eigenvalue weighted by atomic mass is 35.5. The fourth-order valence-electron chi connectivity index (χ4n) is 2.79. The average molecular weight is 322 g/mol.